The monoisotopic (exact) mass is 219 g/mol. The molecular weight excluding hydrogens is 198 g/mol. The van der Waals surface area contributed by atoms with Gasteiger partial charge in [-0.05, 0) is 25.8 Å². The van der Waals surface area contributed by atoms with Gasteiger partial charge in [0.15, 0.2) is 0 Å². The molecule has 1 heterocycles. The van der Waals surface area contributed by atoms with E-state index in [4.69, 9.17) is 0 Å². The predicted molar refractivity (Wildman–Crippen MR) is 67.8 cm³/mol. The Morgan fingerprint density at radius 2 is 1.69 bits per heavy atom. The van der Waals surface area contributed by atoms with E-state index < -0.39 is 0 Å². The quantitative estimate of drug-likeness (QED) is 0.826. The van der Waals surface area contributed by atoms with Crippen molar-refractivity contribution in [2.24, 2.45) is 0 Å². The molecule has 0 amide bonds. The molecule has 1 aromatic carbocycles. The lowest BCUT2D eigenvalue weighted by molar-refractivity contribution is 0.199. The molecule has 2 heteroatoms. The van der Waals surface area contributed by atoms with Crippen LogP contribution in [0.1, 0.15) is 44.3 Å². The summed E-state index contributed by atoms with van der Waals surface area (Å²) in [6, 6.07) is 8.23. The van der Waals surface area contributed by atoms with Crippen LogP contribution in [-0.4, -0.2) is 18.2 Å². The van der Waals surface area contributed by atoms with Gasteiger partial charge in [-0.15, -0.1) is 0 Å². The minimum atomic E-state index is -0.376. The van der Waals surface area contributed by atoms with Crippen LogP contribution in [0.25, 0.3) is 0 Å². The molecular formula is C14H21NO. The summed E-state index contributed by atoms with van der Waals surface area (Å²) in [7, 11) is 0. The van der Waals surface area contributed by atoms with Crippen LogP contribution >= 0.6 is 0 Å². The first-order valence-corrected chi connectivity index (χ1v) is 6.31. The molecule has 0 spiro atoms. The van der Waals surface area contributed by atoms with E-state index in [9.17, 15) is 5.11 Å². The van der Waals surface area contributed by atoms with E-state index in [1.54, 1.807) is 0 Å². The van der Waals surface area contributed by atoms with Gasteiger partial charge in [0.2, 0.25) is 0 Å². The van der Waals surface area contributed by atoms with Gasteiger partial charge in [-0.2, -0.15) is 0 Å². The molecule has 0 radical (unpaired) electrons. The SMILES string of the molecule is C[C@H](O)c1ccccc1N1CCCCCC1. The lowest BCUT2D eigenvalue weighted by Crippen LogP contribution is -2.25. The number of hydrogen-bond donors (Lipinski definition) is 1. The third-order valence-corrected chi connectivity index (χ3v) is 3.33. The molecule has 16 heavy (non-hydrogen) atoms. The summed E-state index contributed by atoms with van der Waals surface area (Å²) in [6.45, 7) is 4.10. The highest BCUT2D eigenvalue weighted by molar-refractivity contribution is 5.54. The standard InChI is InChI=1S/C14H21NO/c1-12(16)13-8-4-5-9-14(13)15-10-6-2-3-7-11-15/h4-5,8-9,12,16H,2-3,6-7,10-11H2,1H3/t12-/m0/s1. The summed E-state index contributed by atoms with van der Waals surface area (Å²) >= 11 is 0. The molecule has 1 aliphatic heterocycles. The van der Waals surface area contributed by atoms with E-state index in [0.717, 1.165) is 18.7 Å². The van der Waals surface area contributed by atoms with Crippen molar-refractivity contribution in [3.63, 3.8) is 0 Å². The zero-order chi connectivity index (χ0) is 11.4. The number of para-hydroxylation sites is 1. The van der Waals surface area contributed by atoms with Crippen LogP contribution < -0.4 is 4.90 Å². The van der Waals surface area contributed by atoms with Crippen LogP contribution in [0.15, 0.2) is 24.3 Å². The molecule has 1 saturated heterocycles. The summed E-state index contributed by atoms with van der Waals surface area (Å²) in [6.07, 6.45) is 4.85. The average Bonchev–Trinajstić information content (AvgIpc) is 2.57. The number of rotatable bonds is 2. The lowest BCUT2D eigenvalue weighted by Gasteiger charge is -2.26. The van der Waals surface area contributed by atoms with Crippen molar-refractivity contribution in [2.45, 2.75) is 38.7 Å². The van der Waals surface area contributed by atoms with Crippen molar-refractivity contribution in [1.82, 2.24) is 0 Å². The molecule has 0 saturated carbocycles. The Balaban J connectivity index is 2.23. The van der Waals surface area contributed by atoms with Crippen LogP contribution in [0, 0.1) is 0 Å². The van der Waals surface area contributed by atoms with Gasteiger partial charge < -0.3 is 10.0 Å². The number of benzene rings is 1. The first kappa shape index (κ1) is 11.5. The van der Waals surface area contributed by atoms with Crippen LogP contribution in [0.4, 0.5) is 5.69 Å². The Kier molecular flexibility index (Phi) is 3.83. The summed E-state index contributed by atoms with van der Waals surface area (Å²) in [5.41, 5.74) is 2.28. The van der Waals surface area contributed by atoms with Crippen LogP contribution in [0.2, 0.25) is 0 Å². The lowest BCUT2D eigenvalue weighted by atomic mass is 10.1. The smallest absolute Gasteiger partial charge is 0.0781 e. The summed E-state index contributed by atoms with van der Waals surface area (Å²) in [4.78, 5) is 2.43. The fourth-order valence-corrected chi connectivity index (χ4v) is 2.44. The van der Waals surface area contributed by atoms with Crippen LogP contribution in [0.3, 0.4) is 0 Å². The number of nitrogens with zero attached hydrogens (tertiary/aromatic N) is 1. The Morgan fingerprint density at radius 3 is 2.31 bits per heavy atom. The van der Waals surface area contributed by atoms with Crippen molar-refractivity contribution >= 4 is 5.69 Å². The maximum absolute atomic E-state index is 9.78. The van der Waals surface area contributed by atoms with Crippen molar-refractivity contribution in [3.8, 4) is 0 Å². The van der Waals surface area contributed by atoms with E-state index in [2.05, 4.69) is 17.0 Å². The number of hydrogen-bond acceptors (Lipinski definition) is 2. The molecule has 0 unspecified atom stereocenters. The van der Waals surface area contributed by atoms with Crippen molar-refractivity contribution in [1.29, 1.82) is 0 Å². The third kappa shape index (κ3) is 2.56. The van der Waals surface area contributed by atoms with Crippen molar-refractivity contribution in [3.05, 3.63) is 29.8 Å². The van der Waals surface area contributed by atoms with Gasteiger partial charge in [-0.3, -0.25) is 0 Å². The van der Waals surface area contributed by atoms with E-state index >= 15 is 0 Å². The molecule has 2 rings (SSSR count). The second kappa shape index (κ2) is 5.35. The number of aliphatic hydroxyl groups excluding tert-OH is 1. The normalized spacial score (nSPS) is 19.2. The van der Waals surface area contributed by atoms with E-state index in [1.807, 2.05) is 19.1 Å². The van der Waals surface area contributed by atoms with Crippen LogP contribution in [0.5, 0.6) is 0 Å². The largest absolute Gasteiger partial charge is 0.389 e. The third-order valence-electron chi connectivity index (χ3n) is 3.33. The highest BCUT2D eigenvalue weighted by atomic mass is 16.3. The molecule has 1 aliphatic rings. The fraction of sp³-hybridized carbons (Fsp3) is 0.571. The van der Waals surface area contributed by atoms with Gasteiger partial charge in [-0.1, -0.05) is 31.0 Å². The Morgan fingerprint density at radius 1 is 1.06 bits per heavy atom. The summed E-state index contributed by atoms with van der Waals surface area (Å²) < 4.78 is 0. The van der Waals surface area contributed by atoms with E-state index in [-0.39, 0.29) is 6.10 Å². The Labute approximate surface area is 97.9 Å². The van der Waals surface area contributed by atoms with Gasteiger partial charge in [-0.25, -0.2) is 0 Å². The Hall–Kier alpha value is -1.02. The summed E-state index contributed by atoms with van der Waals surface area (Å²) in [5, 5.41) is 9.78. The van der Waals surface area contributed by atoms with Gasteiger partial charge >= 0.3 is 0 Å². The van der Waals surface area contributed by atoms with Crippen molar-refractivity contribution < 1.29 is 5.11 Å². The molecule has 0 aromatic heterocycles. The minimum Gasteiger partial charge on any atom is -0.389 e. The maximum Gasteiger partial charge on any atom is 0.0781 e. The highest BCUT2D eigenvalue weighted by Gasteiger charge is 2.15. The zero-order valence-electron chi connectivity index (χ0n) is 10.0. The molecule has 2 nitrogen and oxygen atoms in total. The number of anilines is 1. The first-order valence-electron chi connectivity index (χ1n) is 6.31. The first-order chi connectivity index (χ1) is 7.79. The molecule has 1 atom stereocenters. The Bertz CT molecular complexity index is 327. The molecule has 88 valence electrons. The summed E-state index contributed by atoms with van der Waals surface area (Å²) in [5.74, 6) is 0. The topological polar surface area (TPSA) is 23.5 Å². The van der Waals surface area contributed by atoms with Gasteiger partial charge in [0.25, 0.3) is 0 Å². The maximum atomic E-state index is 9.78. The molecule has 0 aliphatic carbocycles. The van der Waals surface area contributed by atoms with Gasteiger partial charge in [0, 0.05) is 24.3 Å². The molecule has 1 fully saturated rings. The minimum absolute atomic E-state index is 0.376. The predicted octanol–water partition coefficient (Wildman–Crippen LogP) is 3.12. The number of aliphatic hydroxyl groups is 1. The fourth-order valence-electron chi connectivity index (χ4n) is 2.44. The van der Waals surface area contributed by atoms with Gasteiger partial charge in [0.1, 0.15) is 0 Å². The van der Waals surface area contributed by atoms with Crippen LogP contribution in [-0.2, 0) is 0 Å². The second-order valence-electron chi connectivity index (χ2n) is 4.64. The highest BCUT2D eigenvalue weighted by Crippen LogP contribution is 2.27. The van der Waals surface area contributed by atoms with E-state index in [0.29, 0.717) is 0 Å². The van der Waals surface area contributed by atoms with Gasteiger partial charge in [0.05, 0.1) is 6.10 Å². The van der Waals surface area contributed by atoms with E-state index in [1.165, 1.54) is 31.4 Å². The van der Waals surface area contributed by atoms with Crippen molar-refractivity contribution in [2.75, 3.05) is 18.0 Å². The average molecular weight is 219 g/mol. The molecule has 1 N–H and O–H groups in total. The molecule has 1 aromatic rings. The zero-order valence-corrected chi connectivity index (χ0v) is 10.0. The second-order valence-corrected chi connectivity index (χ2v) is 4.64. The molecule has 0 bridgehead atoms.